The number of aromatic nitrogens is 3. The van der Waals surface area contributed by atoms with Crippen LogP contribution in [-0.4, -0.2) is 15.0 Å². The number of nitrogens with zero attached hydrogens (tertiary/aromatic N) is 3. The molecule has 0 aliphatic carbocycles. The van der Waals surface area contributed by atoms with Gasteiger partial charge in [0, 0.05) is 40.8 Å². The fourth-order valence-electron chi connectivity index (χ4n) is 9.05. The molecule has 0 saturated heterocycles. The van der Waals surface area contributed by atoms with Crippen LogP contribution >= 0.6 is 0 Å². The smallest absolute Gasteiger partial charge is 0.0708 e. The van der Waals surface area contributed by atoms with Gasteiger partial charge >= 0.3 is 0 Å². The molecule has 0 saturated carbocycles. The second-order valence-corrected chi connectivity index (χ2v) is 17.8. The van der Waals surface area contributed by atoms with Gasteiger partial charge in [-0.25, -0.2) is 0 Å². The summed E-state index contributed by atoms with van der Waals surface area (Å²) in [6.07, 6.45) is 9.75. The molecular formula is C64H53N3. The maximum Gasteiger partial charge on any atom is 0.0708 e. The number of pyridine rings is 3. The van der Waals surface area contributed by atoms with E-state index in [1.807, 2.05) is 24.5 Å². The number of rotatable bonds is 14. The molecular weight excluding hydrogens is 811 g/mol. The van der Waals surface area contributed by atoms with E-state index in [1.54, 1.807) is 0 Å². The van der Waals surface area contributed by atoms with E-state index in [1.165, 1.54) is 50.1 Å². The highest BCUT2D eigenvalue weighted by Crippen LogP contribution is 2.41. The monoisotopic (exact) mass is 863 g/mol. The summed E-state index contributed by atoms with van der Waals surface area (Å²) >= 11 is 0. The van der Waals surface area contributed by atoms with Crippen molar-refractivity contribution >= 4 is 0 Å². The molecule has 3 nitrogen and oxygen atoms in total. The van der Waals surface area contributed by atoms with E-state index >= 15 is 0 Å². The molecule has 3 aromatic heterocycles. The molecule has 0 N–H and O–H groups in total. The van der Waals surface area contributed by atoms with Crippen LogP contribution in [0.25, 0.3) is 78.3 Å². The summed E-state index contributed by atoms with van der Waals surface area (Å²) in [5.41, 5.74) is 22.1. The minimum atomic E-state index is 0.422. The first kappa shape index (κ1) is 42.9. The molecule has 10 aromatic rings. The average molecular weight is 864 g/mol. The third-order valence-corrected chi connectivity index (χ3v) is 12.8. The van der Waals surface area contributed by atoms with Gasteiger partial charge in [-0.3, -0.25) is 15.0 Å². The standard InChI is InChI=1S/C64H53N3/c1-45(2)55-21-14-22-56(40-55)64-41-60(52-33-31-51(32-34-52)50-15-6-3-7-16-50)61(44-67-64)59-24-13-12-23-58(59)57-38-48(27-25-46-29-35-62(65-42-46)53-17-8-4-9-18-53)37-49(39-57)28-26-47-30-36-63(66-43-47)54-19-10-5-11-20-54/h3-24,29-45H,25-28H2,1-2H3. The van der Waals surface area contributed by atoms with E-state index < -0.39 is 0 Å². The van der Waals surface area contributed by atoms with Gasteiger partial charge in [-0.2, -0.15) is 0 Å². The third-order valence-electron chi connectivity index (χ3n) is 12.8. The Balaban J connectivity index is 1.02. The Hall–Kier alpha value is -8.01. The molecule has 0 fully saturated rings. The Morgan fingerprint density at radius 2 is 0.761 bits per heavy atom. The second-order valence-electron chi connectivity index (χ2n) is 17.8. The molecule has 0 aliphatic heterocycles. The Bertz CT molecular complexity index is 3110. The molecule has 0 amide bonds. The number of hydrogen-bond acceptors (Lipinski definition) is 3. The zero-order valence-corrected chi connectivity index (χ0v) is 38.2. The molecule has 3 heteroatoms. The van der Waals surface area contributed by atoms with E-state index in [-0.39, 0.29) is 0 Å². The van der Waals surface area contributed by atoms with Gasteiger partial charge in [0.2, 0.25) is 0 Å². The van der Waals surface area contributed by atoms with Crippen molar-refractivity contribution in [3.63, 3.8) is 0 Å². The van der Waals surface area contributed by atoms with Gasteiger partial charge in [0.1, 0.15) is 0 Å². The van der Waals surface area contributed by atoms with Crippen molar-refractivity contribution in [1.29, 1.82) is 0 Å². The largest absolute Gasteiger partial charge is 0.256 e. The minimum Gasteiger partial charge on any atom is -0.256 e. The lowest BCUT2D eigenvalue weighted by Crippen LogP contribution is -1.99. The van der Waals surface area contributed by atoms with E-state index in [2.05, 4.69) is 220 Å². The molecule has 3 heterocycles. The highest BCUT2D eigenvalue weighted by molar-refractivity contribution is 5.93. The molecule has 0 spiro atoms. The van der Waals surface area contributed by atoms with Crippen LogP contribution in [0.3, 0.4) is 0 Å². The first-order chi connectivity index (χ1) is 33.0. The highest BCUT2D eigenvalue weighted by atomic mass is 14.7. The summed E-state index contributed by atoms with van der Waals surface area (Å²) in [6, 6.07) is 76.3. The summed E-state index contributed by atoms with van der Waals surface area (Å²) in [4.78, 5) is 14.9. The van der Waals surface area contributed by atoms with Crippen LogP contribution < -0.4 is 0 Å². The zero-order valence-electron chi connectivity index (χ0n) is 38.2. The van der Waals surface area contributed by atoms with Gasteiger partial charge < -0.3 is 0 Å². The third kappa shape index (κ3) is 10.1. The SMILES string of the molecule is CC(C)c1cccc(-c2cc(-c3ccc(-c4ccccc4)cc3)c(-c3ccccc3-c3cc(CCc4ccc(-c5ccccc5)nc4)cc(CCc4ccc(-c5ccccc5)nc4)c3)cn2)c1. The lowest BCUT2D eigenvalue weighted by atomic mass is 9.87. The summed E-state index contributed by atoms with van der Waals surface area (Å²) in [6.45, 7) is 4.49. The number of benzene rings is 7. The van der Waals surface area contributed by atoms with Crippen molar-refractivity contribution in [2.45, 2.75) is 45.4 Å². The molecule has 0 atom stereocenters. The van der Waals surface area contributed by atoms with Crippen molar-refractivity contribution in [3.8, 4) is 78.3 Å². The molecule has 0 aliphatic rings. The summed E-state index contributed by atoms with van der Waals surface area (Å²) < 4.78 is 0. The van der Waals surface area contributed by atoms with Crippen LogP contribution in [0.1, 0.15) is 47.6 Å². The van der Waals surface area contributed by atoms with Crippen LogP contribution in [0.15, 0.2) is 231 Å². The predicted molar refractivity (Wildman–Crippen MR) is 280 cm³/mol. The zero-order chi connectivity index (χ0) is 45.4. The van der Waals surface area contributed by atoms with Crippen molar-refractivity contribution in [1.82, 2.24) is 15.0 Å². The normalized spacial score (nSPS) is 11.2. The molecule has 324 valence electrons. The lowest BCUT2D eigenvalue weighted by molar-refractivity contribution is 0.867. The van der Waals surface area contributed by atoms with Crippen LogP contribution in [0.4, 0.5) is 0 Å². The first-order valence-electron chi connectivity index (χ1n) is 23.5. The maximum absolute atomic E-state index is 5.21. The van der Waals surface area contributed by atoms with Gasteiger partial charge in [-0.15, -0.1) is 0 Å². The van der Waals surface area contributed by atoms with Gasteiger partial charge in [-0.1, -0.05) is 202 Å². The molecule has 7 aromatic carbocycles. The van der Waals surface area contributed by atoms with Crippen molar-refractivity contribution < 1.29 is 0 Å². The van der Waals surface area contributed by atoms with E-state index in [0.717, 1.165) is 81.7 Å². The summed E-state index contributed by atoms with van der Waals surface area (Å²) in [5, 5.41) is 0. The van der Waals surface area contributed by atoms with Gasteiger partial charge in [-0.05, 0) is 123 Å². The Labute approximate surface area is 395 Å². The highest BCUT2D eigenvalue weighted by Gasteiger charge is 2.17. The van der Waals surface area contributed by atoms with Crippen molar-refractivity contribution in [3.05, 3.63) is 259 Å². The predicted octanol–water partition coefficient (Wildman–Crippen LogP) is 16.2. The van der Waals surface area contributed by atoms with Crippen molar-refractivity contribution in [2.24, 2.45) is 0 Å². The fourth-order valence-corrected chi connectivity index (χ4v) is 9.05. The van der Waals surface area contributed by atoms with Crippen LogP contribution in [-0.2, 0) is 25.7 Å². The Kier molecular flexibility index (Phi) is 12.8. The molecule has 67 heavy (non-hydrogen) atoms. The van der Waals surface area contributed by atoms with Crippen LogP contribution in [0.5, 0.6) is 0 Å². The first-order valence-corrected chi connectivity index (χ1v) is 23.5. The second kappa shape index (κ2) is 20.0. The summed E-state index contributed by atoms with van der Waals surface area (Å²) in [7, 11) is 0. The summed E-state index contributed by atoms with van der Waals surface area (Å²) in [5.74, 6) is 0.422. The molecule has 0 unspecified atom stereocenters. The Morgan fingerprint density at radius 1 is 0.284 bits per heavy atom. The molecule has 0 radical (unpaired) electrons. The quantitative estimate of drug-likeness (QED) is 0.109. The minimum absolute atomic E-state index is 0.422. The molecule has 10 rings (SSSR count). The molecule has 0 bridgehead atoms. The Morgan fingerprint density at radius 3 is 1.31 bits per heavy atom. The van der Waals surface area contributed by atoms with E-state index in [9.17, 15) is 0 Å². The van der Waals surface area contributed by atoms with Gasteiger partial charge in [0.15, 0.2) is 0 Å². The van der Waals surface area contributed by atoms with E-state index in [0.29, 0.717) is 5.92 Å². The number of hydrogen-bond donors (Lipinski definition) is 0. The fraction of sp³-hybridized carbons (Fsp3) is 0.109. The van der Waals surface area contributed by atoms with Crippen LogP contribution in [0, 0.1) is 0 Å². The van der Waals surface area contributed by atoms with Gasteiger partial charge in [0.05, 0.1) is 17.1 Å². The van der Waals surface area contributed by atoms with Crippen molar-refractivity contribution in [2.75, 3.05) is 0 Å². The van der Waals surface area contributed by atoms with E-state index in [4.69, 9.17) is 15.0 Å². The topological polar surface area (TPSA) is 38.7 Å². The number of aryl methyl sites for hydroxylation is 4. The van der Waals surface area contributed by atoms with Crippen LogP contribution in [0.2, 0.25) is 0 Å². The maximum atomic E-state index is 5.21. The van der Waals surface area contributed by atoms with Gasteiger partial charge in [0.25, 0.3) is 0 Å². The average Bonchev–Trinajstić information content (AvgIpc) is 3.40. The lowest BCUT2D eigenvalue weighted by Gasteiger charge is -2.18.